The Morgan fingerprint density at radius 3 is 2.71 bits per heavy atom. The predicted molar refractivity (Wildman–Crippen MR) is 104 cm³/mol. The molecule has 1 amide bonds. The number of halogens is 1. The smallest absolute Gasteiger partial charge is 0.224 e. The van der Waals surface area contributed by atoms with Crippen LogP contribution in [0.4, 0.5) is 10.1 Å². The van der Waals surface area contributed by atoms with Gasteiger partial charge < -0.3 is 10.1 Å². The van der Waals surface area contributed by atoms with Crippen LogP contribution in [0.1, 0.15) is 12.0 Å². The van der Waals surface area contributed by atoms with Crippen LogP contribution >= 0.6 is 0 Å². The maximum Gasteiger partial charge on any atom is 0.224 e. The minimum absolute atomic E-state index is 0.0986. The van der Waals surface area contributed by atoms with Gasteiger partial charge in [-0.3, -0.25) is 14.9 Å². The minimum atomic E-state index is -0.324. The second kappa shape index (κ2) is 7.87. The molecule has 0 spiro atoms. The lowest BCUT2D eigenvalue weighted by molar-refractivity contribution is -0.116. The standard InChI is InChI=1S/C21H17FN4O2/c22-15-2-4-16(5-3-15)28-20-7-6-19(18-13-23-10-9-17(18)20)26-21(27)8-1-14-11-24-25-12-14/h2-7,9-13H,1,8H2,(H,24,25)(H,26,27). The third kappa shape index (κ3) is 3.98. The third-order valence-corrected chi connectivity index (χ3v) is 4.29. The molecule has 4 rings (SSSR count). The van der Waals surface area contributed by atoms with Gasteiger partial charge in [0.25, 0.3) is 0 Å². The van der Waals surface area contributed by atoms with Crippen LogP contribution in [0, 0.1) is 5.82 Å². The fourth-order valence-corrected chi connectivity index (χ4v) is 2.88. The van der Waals surface area contributed by atoms with E-state index in [1.54, 1.807) is 49.1 Å². The molecule has 4 aromatic rings. The van der Waals surface area contributed by atoms with Gasteiger partial charge in [0.05, 0.1) is 11.9 Å². The lowest BCUT2D eigenvalue weighted by Crippen LogP contribution is -2.12. The van der Waals surface area contributed by atoms with Crippen molar-refractivity contribution in [3.63, 3.8) is 0 Å². The van der Waals surface area contributed by atoms with Crippen molar-refractivity contribution >= 4 is 22.4 Å². The molecule has 0 aliphatic rings. The molecule has 0 bridgehead atoms. The average Bonchev–Trinajstić information content (AvgIpc) is 3.24. The number of carbonyl (C=O) groups is 1. The zero-order chi connectivity index (χ0) is 19.3. The van der Waals surface area contributed by atoms with Gasteiger partial charge in [-0.1, -0.05) is 0 Å². The highest BCUT2D eigenvalue weighted by molar-refractivity contribution is 6.04. The topological polar surface area (TPSA) is 79.9 Å². The highest BCUT2D eigenvalue weighted by Gasteiger charge is 2.11. The lowest BCUT2D eigenvalue weighted by Gasteiger charge is -2.13. The van der Waals surface area contributed by atoms with Crippen LogP contribution in [-0.4, -0.2) is 21.1 Å². The lowest BCUT2D eigenvalue weighted by atomic mass is 10.1. The molecule has 28 heavy (non-hydrogen) atoms. The van der Waals surface area contributed by atoms with E-state index in [-0.39, 0.29) is 11.7 Å². The maximum absolute atomic E-state index is 13.1. The number of carbonyl (C=O) groups excluding carboxylic acids is 1. The first kappa shape index (κ1) is 17.7. The zero-order valence-electron chi connectivity index (χ0n) is 14.9. The minimum Gasteiger partial charge on any atom is -0.457 e. The summed E-state index contributed by atoms with van der Waals surface area (Å²) in [7, 11) is 0. The van der Waals surface area contributed by atoms with E-state index in [0.29, 0.717) is 30.0 Å². The van der Waals surface area contributed by atoms with Crippen LogP contribution in [0.15, 0.2) is 67.3 Å². The highest BCUT2D eigenvalue weighted by atomic mass is 19.1. The summed E-state index contributed by atoms with van der Waals surface area (Å²) >= 11 is 0. The average molecular weight is 376 g/mol. The second-order valence-corrected chi connectivity index (χ2v) is 6.24. The summed E-state index contributed by atoms with van der Waals surface area (Å²) in [6.07, 6.45) is 7.75. The quantitative estimate of drug-likeness (QED) is 0.521. The van der Waals surface area contributed by atoms with E-state index >= 15 is 0 Å². The molecule has 6 nitrogen and oxygen atoms in total. The van der Waals surface area contributed by atoms with E-state index in [4.69, 9.17) is 4.74 Å². The molecule has 2 aromatic heterocycles. The molecular formula is C21H17FN4O2. The summed E-state index contributed by atoms with van der Waals surface area (Å²) in [6.45, 7) is 0. The number of nitrogens with zero attached hydrogens (tertiary/aromatic N) is 2. The Labute approximate surface area is 160 Å². The number of aromatic nitrogens is 3. The van der Waals surface area contributed by atoms with Crippen molar-refractivity contribution in [2.75, 3.05) is 5.32 Å². The van der Waals surface area contributed by atoms with Gasteiger partial charge in [0.1, 0.15) is 17.3 Å². The summed E-state index contributed by atoms with van der Waals surface area (Å²) in [4.78, 5) is 16.5. The highest BCUT2D eigenvalue weighted by Crippen LogP contribution is 2.34. The number of pyridine rings is 1. The molecule has 0 unspecified atom stereocenters. The summed E-state index contributed by atoms with van der Waals surface area (Å²) < 4.78 is 19.0. The van der Waals surface area contributed by atoms with Crippen LogP contribution in [0.5, 0.6) is 11.5 Å². The molecule has 0 atom stereocenters. The Hall–Kier alpha value is -3.74. The molecule has 0 aliphatic carbocycles. The third-order valence-electron chi connectivity index (χ3n) is 4.29. The number of amides is 1. The number of fused-ring (bicyclic) bond motifs is 1. The number of aryl methyl sites for hydroxylation is 1. The molecule has 2 N–H and O–H groups in total. The van der Waals surface area contributed by atoms with E-state index in [1.165, 1.54) is 12.1 Å². The predicted octanol–water partition coefficient (Wildman–Crippen LogP) is 4.46. The molecule has 0 fully saturated rings. The van der Waals surface area contributed by atoms with Gasteiger partial charge in [-0.25, -0.2) is 4.39 Å². The van der Waals surface area contributed by atoms with E-state index in [0.717, 1.165) is 16.3 Å². The van der Waals surface area contributed by atoms with E-state index < -0.39 is 0 Å². The molecule has 0 radical (unpaired) electrons. The van der Waals surface area contributed by atoms with Crippen molar-refractivity contribution in [3.8, 4) is 11.5 Å². The first-order valence-electron chi connectivity index (χ1n) is 8.77. The van der Waals surface area contributed by atoms with Gasteiger partial charge in [-0.2, -0.15) is 5.10 Å². The molecule has 140 valence electrons. The van der Waals surface area contributed by atoms with Gasteiger partial charge in [-0.15, -0.1) is 0 Å². The van der Waals surface area contributed by atoms with Crippen molar-refractivity contribution in [2.24, 2.45) is 0 Å². The Morgan fingerprint density at radius 2 is 1.93 bits per heavy atom. The largest absolute Gasteiger partial charge is 0.457 e. The number of benzene rings is 2. The number of aromatic amines is 1. The maximum atomic E-state index is 13.1. The number of H-pyrrole nitrogens is 1. The number of rotatable bonds is 6. The number of hydrogen-bond donors (Lipinski definition) is 2. The van der Waals surface area contributed by atoms with E-state index in [9.17, 15) is 9.18 Å². The van der Waals surface area contributed by atoms with Crippen LogP contribution < -0.4 is 10.1 Å². The zero-order valence-corrected chi connectivity index (χ0v) is 14.9. The summed E-state index contributed by atoms with van der Waals surface area (Å²) in [5.41, 5.74) is 1.64. The molecule has 2 heterocycles. The Bertz CT molecular complexity index is 1100. The first-order valence-corrected chi connectivity index (χ1v) is 8.77. The Morgan fingerprint density at radius 1 is 1.07 bits per heavy atom. The van der Waals surface area contributed by atoms with Crippen LogP contribution in [0.2, 0.25) is 0 Å². The normalized spacial score (nSPS) is 10.8. The van der Waals surface area contributed by atoms with E-state index in [2.05, 4.69) is 20.5 Å². The fraction of sp³-hybridized carbons (Fsp3) is 0.0952. The Balaban J connectivity index is 1.55. The van der Waals surface area contributed by atoms with Crippen molar-refractivity contribution in [1.29, 1.82) is 0 Å². The molecule has 0 saturated heterocycles. The van der Waals surface area contributed by atoms with Crippen molar-refractivity contribution < 1.29 is 13.9 Å². The molecule has 7 heteroatoms. The van der Waals surface area contributed by atoms with Crippen molar-refractivity contribution in [1.82, 2.24) is 15.2 Å². The summed E-state index contributed by atoms with van der Waals surface area (Å²) in [6, 6.07) is 11.2. The number of hydrogen-bond acceptors (Lipinski definition) is 4. The summed E-state index contributed by atoms with van der Waals surface area (Å²) in [5.74, 6) is 0.699. The Kier molecular flexibility index (Phi) is 4.97. The number of nitrogens with one attached hydrogen (secondary N) is 2. The van der Waals surface area contributed by atoms with Gasteiger partial charge in [0.15, 0.2) is 0 Å². The van der Waals surface area contributed by atoms with Gasteiger partial charge >= 0.3 is 0 Å². The van der Waals surface area contributed by atoms with Gasteiger partial charge in [0.2, 0.25) is 5.91 Å². The van der Waals surface area contributed by atoms with Gasteiger partial charge in [0, 0.05) is 35.8 Å². The monoisotopic (exact) mass is 376 g/mol. The molecular weight excluding hydrogens is 359 g/mol. The SMILES string of the molecule is O=C(CCc1cn[nH]c1)Nc1ccc(Oc2ccc(F)cc2)c2ccncc12. The van der Waals surface area contributed by atoms with E-state index in [1.807, 2.05) is 6.07 Å². The van der Waals surface area contributed by atoms with Crippen LogP contribution in [0.25, 0.3) is 10.8 Å². The van der Waals surface area contributed by atoms with Gasteiger partial charge in [-0.05, 0) is 54.4 Å². The number of anilines is 1. The molecule has 0 aliphatic heterocycles. The first-order chi connectivity index (χ1) is 13.7. The fourth-order valence-electron chi connectivity index (χ4n) is 2.88. The van der Waals surface area contributed by atoms with Crippen molar-refractivity contribution in [3.05, 3.63) is 78.6 Å². The molecule has 2 aromatic carbocycles. The summed E-state index contributed by atoms with van der Waals surface area (Å²) in [5, 5.41) is 11.1. The van der Waals surface area contributed by atoms with Crippen LogP contribution in [-0.2, 0) is 11.2 Å². The second-order valence-electron chi connectivity index (χ2n) is 6.24. The van der Waals surface area contributed by atoms with Crippen molar-refractivity contribution in [2.45, 2.75) is 12.8 Å². The van der Waals surface area contributed by atoms with Crippen LogP contribution in [0.3, 0.4) is 0 Å². The molecule has 0 saturated carbocycles. The number of ether oxygens (including phenoxy) is 1.